The number of hydrogen-bond acceptors (Lipinski definition) is 4. The molecule has 1 saturated heterocycles. The SMILES string of the molecule is COc1c(C)cnc(CC(=O)C2CNCC2C)c1C. The fourth-order valence-electron chi connectivity index (χ4n) is 2.79. The Labute approximate surface area is 114 Å². The summed E-state index contributed by atoms with van der Waals surface area (Å²) in [6.07, 6.45) is 2.18. The van der Waals surface area contributed by atoms with Crippen LogP contribution in [0.2, 0.25) is 0 Å². The molecule has 0 bridgehead atoms. The first-order valence-corrected chi connectivity index (χ1v) is 6.77. The van der Waals surface area contributed by atoms with Gasteiger partial charge in [0.15, 0.2) is 0 Å². The average Bonchev–Trinajstić information content (AvgIpc) is 2.80. The minimum Gasteiger partial charge on any atom is -0.496 e. The summed E-state index contributed by atoms with van der Waals surface area (Å²) in [7, 11) is 1.66. The van der Waals surface area contributed by atoms with Crippen LogP contribution in [0.3, 0.4) is 0 Å². The molecule has 1 fully saturated rings. The van der Waals surface area contributed by atoms with Crippen LogP contribution in [-0.2, 0) is 11.2 Å². The second-order valence-corrected chi connectivity index (χ2v) is 5.43. The van der Waals surface area contributed by atoms with Gasteiger partial charge in [-0.2, -0.15) is 0 Å². The van der Waals surface area contributed by atoms with Crippen LogP contribution in [0, 0.1) is 25.7 Å². The van der Waals surface area contributed by atoms with Crippen molar-refractivity contribution < 1.29 is 9.53 Å². The topological polar surface area (TPSA) is 51.2 Å². The molecule has 4 heteroatoms. The van der Waals surface area contributed by atoms with E-state index in [0.717, 1.165) is 35.7 Å². The molecule has 0 spiro atoms. The monoisotopic (exact) mass is 262 g/mol. The van der Waals surface area contributed by atoms with Gasteiger partial charge in [0.1, 0.15) is 11.5 Å². The molecular formula is C15H22N2O2. The highest BCUT2D eigenvalue weighted by atomic mass is 16.5. The summed E-state index contributed by atoms with van der Waals surface area (Å²) in [5.74, 6) is 1.66. The van der Waals surface area contributed by atoms with Crippen molar-refractivity contribution in [1.29, 1.82) is 0 Å². The maximum atomic E-state index is 12.3. The van der Waals surface area contributed by atoms with Gasteiger partial charge in [0.2, 0.25) is 0 Å². The Morgan fingerprint density at radius 3 is 2.79 bits per heavy atom. The zero-order valence-electron chi connectivity index (χ0n) is 12.1. The summed E-state index contributed by atoms with van der Waals surface area (Å²) < 4.78 is 5.38. The molecule has 0 amide bonds. The normalized spacial score (nSPS) is 22.5. The lowest BCUT2D eigenvalue weighted by Gasteiger charge is -2.15. The molecule has 4 nitrogen and oxygen atoms in total. The van der Waals surface area contributed by atoms with E-state index in [-0.39, 0.29) is 11.7 Å². The van der Waals surface area contributed by atoms with Crippen LogP contribution < -0.4 is 10.1 Å². The number of ketones is 1. The molecule has 0 radical (unpaired) electrons. The van der Waals surface area contributed by atoms with Gasteiger partial charge in [0.25, 0.3) is 0 Å². The number of nitrogens with one attached hydrogen (secondary N) is 1. The molecule has 2 atom stereocenters. The fourth-order valence-corrected chi connectivity index (χ4v) is 2.79. The highest BCUT2D eigenvalue weighted by Gasteiger charge is 2.29. The molecule has 1 aromatic rings. The van der Waals surface area contributed by atoms with E-state index >= 15 is 0 Å². The van der Waals surface area contributed by atoms with Gasteiger partial charge in [-0.1, -0.05) is 6.92 Å². The number of nitrogens with zero attached hydrogens (tertiary/aromatic N) is 1. The Balaban J connectivity index is 2.17. The van der Waals surface area contributed by atoms with E-state index in [1.54, 1.807) is 13.3 Å². The number of aromatic nitrogens is 1. The van der Waals surface area contributed by atoms with Crippen LogP contribution in [0.4, 0.5) is 0 Å². The lowest BCUT2D eigenvalue weighted by Crippen LogP contribution is -2.23. The van der Waals surface area contributed by atoms with Crippen molar-refractivity contribution in [3.8, 4) is 5.75 Å². The second kappa shape index (κ2) is 5.70. The Hall–Kier alpha value is -1.42. The van der Waals surface area contributed by atoms with Crippen molar-refractivity contribution in [2.45, 2.75) is 27.2 Å². The van der Waals surface area contributed by atoms with Crippen LogP contribution >= 0.6 is 0 Å². The van der Waals surface area contributed by atoms with Gasteiger partial charge in [-0.05, 0) is 26.3 Å². The van der Waals surface area contributed by atoms with E-state index in [2.05, 4.69) is 17.2 Å². The van der Waals surface area contributed by atoms with E-state index in [4.69, 9.17) is 4.74 Å². The smallest absolute Gasteiger partial charge is 0.143 e. The molecular weight excluding hydrogens is 240 g/mol. The number of aryl methyl sites for hydroxylation is 1. The van der Waals surface area contributed by atoms with Gasteiger partial charge < -0.3 is 10.1 Å². The Kier molecular flexibility index (Phi) is 4.20. The largest absolute Gasteiger partial charge is 0.496 e. The van der Waals surface area contributed by atoms with Crippen LogP contribution in [0.25, 0.3) is 0 Å². The van der Waals surface area contributed by atoms with E-state index in [1.165, 1.54) is 0 Å². The van der Waals surface area contributed by atoms with Crippen molar-refractivity contribution in [3.63, 3.8) is 0 Å². The molecule has 2 heterocycles. The molecule has 1 N–H and O–H groups in total. The van der Waals surface area contributed by atoms with E-state index < -0.39 is 0 Å². The molecule has 1 aliphatic rings. The number of rotatable bonds is 4. The van der Waals surface area contributed by atoms with Gasteiger partial charge in [0, 0.05) is 36.2 Å². The van der Waals surface area contributed by atoms with Gasteiger partial charge in [0.05, 0.1) is 12.8 Å². The number of ether oxygens (including phenoxy) is 1. The molecule has 0 aliphatic carbocycles. The standard InChI is InChI=1S/C15H22N2O2/c1-9-6-16-8-12(9)14(18)5-13-11(3)15(19-4)10(2)7-17-13/h7,9,12,16H,5-6,8H2,1-4H3. The third-order valence-corrected chi connectivity index (χ3v) is 4.02. The number of carbonyl (C=O) groups excluding carboxylic acids is 1. The summed E-state index contributed by atoms with van der Waals surface area (Å²) in [6, 6.07) is 0. The quantitative estimate of drug-likeness (QED) is 0.897. The van der Waals surface area contributed by atoms with Gasteiger partial charge in [-0.25, -0.2) is 0 Å². The molecule has 2 rings (SSSR count). The second-order valence-electron chi connectivity index (χ2n) is 5.43. The average molecular weight is 262 g/mol. The van der Waals surface area contributed by atoms with Crippen LogP contribution in [-0.4, -0.2) is 31.0 Å². The Morgan fingerprint density at radius 1 is 1.47 bits per heavy atom. The van der Waals surface area contributed by atoms with Crippen molar-refractivity contribution in [1.82, 2.24) is 10.3 Å². The number of methoxy groups -OCH3 is 1. The highest BCUT2D eigenvalue weighted by Crippen LogP contribution is 2.26. The molecule has 19 heavy (non-hydrogen) atoms. The zero-order valence-corrected chi connectivity index (χ0v) is 12.1. The summed E-state index contributed by atoms with van der Waals surface area (Å²) >= 11 is 0. The van der Waals surface area contributed by atoms with Crippen LogP contribution in [0.1, 0.15) is 23.7 Å². The highest BCUT2D eigenvalue weighted by molar-refractivity contribution is 5.84. The van der Waals surface area contributed by atoms with E-state index in [9.17, 15) is 4.79 Å². The van der Waals surface area contributed by atoms with Crippen LogP contribution in [0.15, 0.2) is 6.20 Å². The first-order valence-electron chi connectivity index (χ1n) is 6.77. The Bertz CT molecular complexity index is 485. The molecule has 1 aromatic heterocycles. The van der Waals surface area contributed by atoms with Crippen molar-refractivity contribution in [3.05, 3.63) is 23.0 Å². The number of hydrogen-bond donors (Lipinski definition) is 1. The number of carbonyl (C=O) groups is 1. The number of pyridine rings is 1. The third kappa shape index (κ3) is 2.78. The van der Waals surface area contributed by atoms with Gasteiger partial charge in [-0.15, -0.1) is 0 Å². The van der Waals surface area contributed by atoms with Gasteiger partial charge >= 0.3 is 0 Å². The van der Waals surface area contributed by atoms with E-state index in [0.29, 0.717) is 12.3 Å². The molecule has 104 valence electrons. The molecule has 0 aromatic carbocycles. The van der Waals surface area contributed by atoms with E-state index in [1.807, 2.05) is 13.8 Å². The molecule has 1 aliphatic heterocycles. The zero-order chi connectivity index (χ0) is 14.0. The minimum atomic E-state index is 0.119. The minimum absolute atomic E-state index is 0.119. The van der Waals surface area contributed by atoms with Crippen molar-refractivity contribution >= 4 is 5.78 Å². The van der Waals surface area contributed by atoms with Gasteiger partial charge in [-0.3, -0.25) is 9.78 Å². The Morgan fingerprint density at radius 2 is 2.21 bits per heavy atom. The molecule has 0 saturated carbocycles. The summed E-state index contributed by atoms with van der Waals surface area (Å²) in [5.41, 5.74) is 2.83. The maximum absolute atomic E-state index is 12.3. The lowest BCUT2D eigenvalue weighted by molar-refractivity contribution is -0.122. The predicted molar refractivity (Wildman–Crippen MR) is 74.5 cm³/mol. The third-order valence-electron chi connectivity index (χ3n) is 4.02. The summed E-state index contributed by atoms with van der Waals surface area (Å²) in [5, 5.41) is 3.27. The predicted octanol–water partition coefficient (Wildman–Crippen LogP) is 1.67. The number of Topliss-reactive ketones (excluding diaryl/α,β-unsaturated/α-hetero) is 1. The van der Waals surface area contributed by atoms with Crippen LogP contribution in [0.5, 0.6) is 5.75 Å². The molecule has 2 unspecified atom stereocenters. The van der Waals surface area contributed by atoms with Crippen molar-refractivity contribution in [2.24, 2.45) is 11.8 Å². The lowest BCUT2D eigenvalue weighted by atomic mass is 9.90. The summed E-state index contributed by atoms with van der Waals surface area (Å²) in [4.78, 5) is 16.7. The first-order chi connectivity index (χ1) is 9.04. The maximum Gasteiger partial charge on any atom is 0.143 e. The fraction of sp³-hybridized carbons (Fsp3) is 0.600. The summed E-state index contributed by atoms with van der Waals surface area (Å²) in [6.45, 7) is 7.78. The first kappa shape index (κ1) is 14.0. The van der Waals surface area contributed by atoms with Crippen molar-refractivity contribution in [2.75, 3.05) is 20.2 Å².